The number of nitrogens with one attached hydrogen (secondary N) is 1. The minimum atomic E-state index is -1.17. The highest BCUT2D eigenvalue weighted by Crippen LogP contribution is 2.38. The van der Waals surface area contributed by atoms with Gasteiger partial charge in [0.25, 0.3) is 0 Å². The number of alkyl halides is 1. The molecule has 4 atom stereocenters. The minimum absolute atomic E-state index is 0.0163. The number of nitrogens with zero attached hydrogens (tertiary/aromatic N) is 2. The van der Waals surface area contributed by atoms with E-state index < -0.39 is 30.3 Å². The summed E-state index contributed by atoms with van der Waals surface area (Å²) in [5.74, 6) is 0.533. The third-order valence-electron chi connectivity index (χ3n) is 5.41. The maximum Gasteiger partial charge on any atom is 0.164 e. The molecule has 11 heteroatoms. The van der Waals surface area contributed by atoms with Crippen LogP contribution >= 0.6 is 23.2 Å². The van der Waals surface area contributed by atoms with Crippen molar-refractivity contribution in [2.45, 2.75) is 24.5 Å². The maximum absolute atomic E-state index is 14.3. The Labute approximate surface area is 191 Å². The zero-order chi connectivity index (χ0) is 22.4. The van der Waals surface area contributed by atoms with Crippen molar-refractivity contribution in [3.05, 3.63) is 46.5 Å². The second-order valence-electron chi connectivity index (χ2n) is 7.38. The van der Waals surface area contributed by atoms with Crippen molar-refractivity contribution in [3.63, 3.8) is 0 Å². The quantitative estimate of drug-likeness (QED) is 0.526. The molecule has 0 spiro atoms. The summed E-state index contributed by atoms with van der Waals surface area (Å²) in [4.78, 5) is 8.49. The van der Waals surface area contributed by atoms with Crippen LogP contribution in [0.3, 0.4) is 0 Å². The van der Waals surface area contributed by atoms with Crippen molar-refractivity contribution in [1.82, 2.24) is 9.97 Å². The van der Waals surface area contributed by atoms with Crippen LogP contribution in [0.2, 0.25) is 10.0 Å². The van der Waals surface area contributed by atoms with E-state index in [0.717, 1.165) is 6.07 Å². The lowest BCUT2D eigenvalue weighted by Gasteiger charge is -2.20. The van der Waals surface area contributed by atoms with Crippen molar-refractivity contribution in [2.75, 3.05) is 25.6 Å². The van der Waals surface area contributed by atoms with Gasteiger partial charge in [0.2, 0.25) is 0 Å². The number of benzene rings is 2. The molecule has 0 aliphatic carbocycles. The normalized spacial score (nSPS) is 24.5. The summed E-state index contributed by atoms with van der Waals surface area (Å²) in [6, 6.07) is 5.83. The Hall–Kier alpha value is -2.46. The summed E-state index contributed by atoms with van der Waals surface area (Å²) in [7, 11) is 1.49. The van der Waals surface area contributed by atoms with Crippen LogP contribution in [0.5, 0.6) is 11.5 Å². The Kier molecular flexibility index (Phi) is 5.66. The van der Waals surface area contributed by atoms with Crippen molar-refractivity contribution in [2.24, 2.45) is 0 Å². The van der Waals surface area contributed by atoms with Gasteiger partial charge in [-0.25, -0.2) is 18.7 Å². The zero-order valence-corrected chi connectivity index (χ0v) is 18.2. The minimum Gasteiger partial charge on any atom is -0.493 e. The largest absolute Gasteiger partial charge is 0.493 e. The van der Waals surface area contributed by atoms with Crippen molar-refractivity contribution in [1.29, 1.82) is 0 Å². The van der Waals surface area contributed by atoms with Gasteiger partial charge in [0.1, 0.15) is 30.2 Å². The van der Waals surface area contributed by atoms with Crippen LogP contribution in [0.1, 0.15) is 0 Å². The topological polar surface area (TPSA) is 74.7 Å². The first-order valence-electron chi connectivity index (χ1n) is 9.73. The number of hydrogen-bond acceptors (Lipinski definition) is 7. The molecular formula is C21H17Cl2F2N3O4. The van der Waals surface area contributed by atoms with Crippen molar-refractivity contribution < 1.29 is 27.7 Å². The van der Waals surface area contributed by atoms with Crippen LogP contribution in [0.25, 0.3) is 10.9 Å². The van der Waals surface area contributed by atoms with E-state index in [-0.39, 0.29) is 28.9 Å². The van der Waals surface area contributed by atoms with Gasteiger partial charge in [0, 0.05) is 11.5 Å². The molecule has 0 saturated carbocycles. The molecule has 7 nitrogen and oxygen atoms in total. The monoisotopic (exact) mass is 483 g/mol. The molecule has 168 valence electrons. The van der Waals surface area contributed by atoms with Gasteiger partial charge in [0.15, 0.2) is 23.8 Å². The number of fused-ring (bicyclic) bond motifs is 2. The lowest BCUT2D eigenvalue weighted by Crippen LogP contribution is -2.33. The van der Waals surface area contributed by atoms with Gasteiger partial charge in [-0.05, 0) is 18.2 Å². The van der Waals surface area contributed by atoms with E-state index >= 15 is 0 Å². The smallest absolute Gasteiger partial charge is 0.164 e. The van der Waals surface area contributed by atoms with Crippen LogP contribution < -0.4 is 14.8 Å². The summed E-state index contributed by atoms with van der Waals surface area (Å²) < 4.78 is 50.7. The predicted molar refractivity (Wildman–Crippen MR) is 115 cm³/mol. The Bertz CT molecular complexity index is 1190. The first kappa shape index (κ1) is 21.4. The maximum atomic E-state index is 14.3. The summed E-state index contributed by atoms with van der Waals surface area (Å²) in [5.41, 5.74) is 0.622. The molecule has 0 amide bonds. The Morgan fingerprint density at radius 3 is 2.62 bits per heavy atom. The predicted octanol–water partition coefficient (Wildman–Crippen LogP) is 4.71. The molecule has 2 aromatic carbocycles. The molecule has 0 bridgehead atoms. The second-order valence-corrected chi connectivity index (χ2v) is 8.20. The highest BCUT2D eigenvalue weighted by molar-refractivity contribution is 6.42. The average molecular weight is 484 g/mol. The van der Waals surface area contributed by atoms with E-state index in [1.807, 2.05) is 0 Å². The summed E-state index contributed by atoms with van der Waals surface area (Å²) in [6.45, 7) is 0.182. The molecule has 2 unspecified atom stereocenters. The first-order valence-corrected chi connectivity index (χ1v) is 10.5. The van der Waals surface area contributed by atoms with Gasteiger partial charge in [-0.3, -0.25) is 0 Å². The number of rotatable bonds is 5. The molecule has 2 saturated heterocycles. The van der Waals surface area contributed by atoms with E-state index in [9.17, 15) is 8.78 Å². The van der Waals surface area contributed by atoms with Gasteiger partial charge < -0.3 is 24.3 Å². The average Bonchev–Trinajstić information content (AvgIpc) is 3.35. The molecular weight excluding hydrogens is 467 g/mol. The SMILES string of the molecule is COc1cc2c(Nc3cc(Cl)c(Cl)cc3F)ncnc2cc1OC1CO[C@H]2C(F)CO[C@@H]12. The molecule has 3 heterocycles. The van der Waals surface area contributed by atoms with Crippen molar-refractivity contribution >= 4 is 45.6 Å². The number of ether oxygens (including phenoxy) is 4. The van der Waals surface area contributed by atoms with E-state index in [1.165, 1.54) is 19.5 Å². The molecule has 1 N–H and O–H groups in total. The number of anilines is 2. The molecule has 32 heavy (non-hydrogen) atoms. The highest BCUT2D eigenvalue weighted by Gasteiger charge is 2.49. The van der Waals surface area contributed by atoms with Gasteiger partial charge >= 0.3 is 0 Å². The number of hydrogen-bond donors (Lipinski definition) is 1. The molecule has 3 aromatic rings. The second kappa shape index (κ2) is 8.47. The summed E-state index contributed by atoms with van der Waals surface area (Å²) >= 11 is 11.9. The molecule has 5 rings (SSSR count). The fourth-order valence-electron chi connectivity index (χ4n) is 3.84. The Morgan fingerprint density at radius 2 is 1.81 bits per heavy atom. The molecule has 2 aliphatic heterocycles. The molecule has 2 aliphatic rings. The van der Waals surface area contributed by atoms with E-state index in [2.05, 4.69) is 15.3 Å². The highest BCUT2D eigenvalue weighted by atomic mass is 35.5. The first-order chi connectivity index (χ1) is 15.4. The number of halogens is 4. The summed E-state index contributed by atoms with van der Waals surface area (Å²) in [5, 5.41) is 3.78. The summed E-state index contributed by atoms with van der Waals surface area (Å²) in [6.07, 6.45) is -1.46. The fraction of sp³-hybridized carbons (Fsp3) is 0.333. The zero-order valence-electron chi connectivity index (χ0n) is 16.6. The van der Waals surface area contributed by atoms with Gasteiger partial charge in [0.05, 0.1) is 41.6 Å². The third-order valence-corrected chi connectivity index (χ3v) is 6.13. The lowest BCUT2D eigenvalue weighted by molar-refractivity contribution is 0.0271. The van der Waals surface area contributed by atoms with Crippen LogP contribution in [0.4, 0.5) is 20.3 Å². The molecule has 1 aromatic heterocycles. The van der Waals surface area contributed by atoms with Gasteiger partial charge in [-0.2, -0.15) is 0 Å². The number of aromatic nitrogens is 2. The van der Waals surface area contributed by atoms with Crippen LogP contribution in [0.15, 0.2) is 30.6 Å². The van der Waals surface area contributed by atoms with E-state index in [0.29, 0.717) is 28.2 Å². The van der Waals surface area contributed by atoms with Gasteiger partial charge in [-0.15, -0.1) is 0 Å². The van der Waals surface area contributed by atoms with E-state index in [4.69, 9.17) is 42.1 Å². The lowest BCUT2D eigenvalue weighted by atomic mass is 10.1. The standard InChI is InChI=1S/C21H17Cl2F2N3O4/c1-29-16-2-9-14(5-17(16)32-18-7-31-19-13(25)6-30-20(18)19)26-8-27-21(9)28-15-4-11(23)10(22)3-12(15)24/h2-5,8,13,18-20H,6-7H2,1H3,(H,26,27,28)/t13?,18?,19-,20-/m0/s1. The Morgan fingerprint density at radius 1 is 1.03 bits per heavy atom. The van der Waals surface area contributed by atoms with Crippen LogP contribution in [-0.2, 0) is 9.47 Å². The van der Waals surface area contributed by atoms with Crippen molar-refractivity contribution in [3.8, 4) is 11.5 Å². The number of methoxy groups -OCH3 is 1. The molecule has 0 radical (unpaired) electrons. The van der Waals surface area contributed by atoms with Crippen LogP contribution in [0, 0.1) is 5.82 Å². The van der Waals surface area contributed by atoms with Crippen LogP contribution in [-0.4, -0.2) is 54.8 Å². The Balaban J connectivity index is 1.47. The third kappa shape index (κ3) is 3.79. The van der Waals surface area contributed by atoms with Gasteiger partial charge in [-0.1, -0.05) is 23.2 Å². The molecule has 2 fully saturated rings. The fourth-order valence-corrected chi connectivity index (χ4v) is 4.16. The van der Waals surface area contributed by atoms with E-state index in [1.54, 1.807) is 12.1 Å².